The normalized spacial score (nSPS) is 12.8. The van der Waals surface area contributed by atoms with E-state index in [1.54, 1.807) is 0 Å². The van der Waals surface area contributed by atoms with Gasteiger partial charge >= 0.3 is 0 Å². The summed E-state index contributed by atoms with van der Waals surface area (Å²) in [6.07, 6.45) is 2.36. The molecule has 1 unspecified atom stereocenters. The fourth-order valence-electron chi connectivity index (χ4n) is 1.57. The highest BCUT2D eigenvalue weighted by atomic mass is 35.5. The third-order valence-electron chi connectivity index (χ3n) is 2.77. The van der Waals surface area contributed by atoms with Crippen molar-refractivity contribution >= 4 is 11.6 Å². The van der Waals surface area contributed by atoms with Crippen molar-refractivity contribution in [2.75, 3.05) is 13.7 Å². The van der Waals surface area contributed by atoms with Crippen LogP contribution in [0.2, 0.25) is 5.02 Å². The van der Waals surface area contributed by atoms with E-state index in [9.17, 15) is 0 Å². The number of halogens is 1. The van der Waals surface area contributed by atoms with Gasteiger partial charge in [-0.15, -0.1) is 0 Å². The zero-order valence-electron chi connectivity index (χ0n) is 10.9. The molecule has 0 bridgehead atoms. The van der Waals surface area contributed by atoms with Crippen LogP contribution in [0.5, 0.6) is 5.75 Å². The van der Waals surface area contributed by atoms with Crippen molar-refractivity contribution in [2.24, 2.45) is 5.92 Å². The Balaban J connectivity index is 2.34. The van der Waals surface area contributed by atoms with Gasteiger partial charge in [0.05, 0.1) is 0 Å². The van der Waals surface area contributed by atoms with E-state index in [1.165, 1.54) is 6.42 Å². The van der Waals surface area contributed by atoms with E-state index in [0.717, 1.165) is 23.1 Å². The van der Waals surface area contributed by atoms with Gasteiger partial charge in [0.25, 0.3) is 0 Å². The topological polar surface area (TPSA) is 21.3 Å². The highest BCUT2D eigenvalue weighted by Crippen LogP contribution is 2.16. The maximum absolute atomic E-state index is 5.82. The van der Waals surface area contributed by atoms with Crippen molar-refractivity contribution in [3.63, 3.8) is 0 Å². The molecule has 0 saturated heterocycles. The summed E-state index contributed by atoms with van der Waals surface area (Å²) in [6.45, 7) is 5.18. The number of rotatable bonds is 7. The molecule has 0 saturated carbocycles. The first kappa shape index (κ1) is 14.3. The Labute approximate surface area is 109 Å². The van der Waals surface area contributed by atoms with Gasteiger partial charge in [-0.1, -0.05) is 25.4 Å². The summed E-state index contributed by atoms with van der Waals surface area (Å²) >= 11 is 5.82. The van der Waals surface area contributed by atoms with Crippen LogP contribution >= 0.6 is 11.6 Å². The molecular weight excluding hydrogens is 234 g/mol. The molecule has 0 heterocycles. The number of hydrogen-bond donors (Lipinski definition) is 1. The molecule has 0 radical (unpaired) electrons. The summed E-state index contributed by atoms with van der Waals surface area (Å²) in [5, 5.41) is 4.03. The number of benzene rings is 1. The quantitative estimate of drug-likeness (QED) is 0.801. The second-order valence-corrected chi connectivity index (χ2v) is 5.16. The third-order valence-corrected chi connectivity index (χ3v) is 3.02. The Hall–Kier alpha value is -0.730. The summed E-state index contributed by atoms with van der Waals surface area (Å²) in [5.41, 5.74) is 0. The fraction of sp³-hybridized carbons (Fsp3) is 0.571. The minimum atomic E-state index is 0.410. The molecule has 1 rings (SSSR count). The first-order valence-corrected chi connectivity index (χ1v) is 6.55. The van der Waals surface area contributed by atoms with Crippen LogP contribution in [0.15, 0.2) is 24.3 Å². The lowest BCUT2D eigenvalue weighted by Gasteiger charge is -2.18. The number of ether oxygens (including phenoxy) is 1. The molecular formula is C14H22ClNO. The Kier molecular flexibility index (Phi) is 6.38. The summed E-state index contributed by atoms with van der Waals surface area (Å²) in [6, 6.07) is 7.90. The van der Waals surface area contributed by atoms with Crippen LogP contribution < -0.4 is 10.1 Å². The predicted molar refractivity (Wildman–Crippen MR) is 73.9 cm³/mol. The van der Waals surface area contributed by atoms with Gasteiger partial charge in [-0.2, -0.15) is 0 Å². The van der Waals surface area contributed by atoms with Crippen molar-refractivity contribution in [3.8, 4) is 5.75 Å². The lowest BCUT2D eigenvalue weighted by Crippen LogP contribution is -2.32. The van der Waals surface area contributed by atoms with Gasteiger partial charge in [-0.25, -0.2) is 0 Å². The SMILES string of the molecule is CNC(CCC(C)C)COc1ccc(Cl)cc1. The first-order chi connectivity index (χ1) is 8.11. The molecule has 96 valence electrons. The smallest absolute Gasteiger partial charge is 0.119 e. The lowest BCUT2D eigenvalue weighted by molar-refractivity contribution is 0.257. The van der Waals surface area contributed by atoms with Crippen molar-refractivity contribution in [1.82, 2.24) is 5.32 Å². The molecule has 2 nitrogen and oxygen atoms in total. The summed E-state index contributed by atoms with van der Waals surface area (Å²) in [7, 11) is 1.98. The standard InChI is InChI=1S/C14H22ClNO/c1-11(2)4-7-13(16-3)10-17-14-8-5-12(15)6-9-14/h5-6,8-9,11,13,16H,4,7,10H2,1-3H3. The van der Waals surface area contributed by atoms with Crippen LogP contribution in [0.25, 0.3) is 0 Å². The van der Waals surface area contributed by atoms with Crippen LogP contribution in [-0.2, 0) is 0 Å². The predicted octanol–water partition coefficient (Wildman–Crippen LogP) is 3.74. The molecule has 0 aromatic heterocycles. The molecule has 0 aliphatic heterocycles. The molecule has 0 aliphatic rings. The van der Waals surface area contributed by atoms with Crippen LogP contribution in [0.3, 0.4) is 0 Å². The molecule has 1 aromatic carbocycles. The monoisotopic (exact) mass is 255 g/mol. The molecule has 1 aromatic rings. The lowest BCUT2D eigenvalue weighted by atomic mass is 10.0. The summed E-state index contributed by atoms with van der Waals surface area (Å²) < 4.78 is 5.73. The first-order valence-electron chi connectivity index (χ1n) is 6.17. The average molecular weight is 256 g/mol. The van der Waals surface area contributed by atoms with Gasteiger partial charge in [-0.3, -0.25) is 0 Å². The van der Waals surface area contributed by atoms with Gasteiger partial charge < -0.3 is 10.1 Å². The number of nitrogens with one attached hydrogen (secondary N) is 1. The molecule has 0 fully saturated rings. The van der Waals surface area contributed by atoms with Crippen LogP contribution in [-0.4, -0.2) is 19.7 Å². The van der Waals surface area contributed by atoms with Crippen LogP contribution in [0.4, 0.5) is 0 Å². The zero-order chi connectivity index (χ0) is 12.7. The fourth-order valence-corrected chi connectivity index (χ4v) is 1.70. The maximum atomic E-state index is 5.82. The van der Waals surface area contributed by atoms with E-state index in [2.05, 4.69) is 19.2 Å². The van der Waals surface area contributed by atoms with Crippen molar-refractivity contribution in [1.29, 1.82) is 0 Å². The van der Waals surface area contributed by atoms with Crippen molar-refractivity contribution < 1.29 is 4.74 Å². The minimum absolute atomic E-state index is 0.410. The molecule has 3 heteroatoms. The van der Waals surface area contributed by atoms with Gasteiger partial charge in [0, 0.05) is 11.1 Å². The van der Waals surface area contributed by atoms with Gasteiger partial charge in [-0.05, 0) is 50.1 Å². The molecule has 1 N–H and O–H groups in total. The Morgan fingerprint density at radius 1 is 1.18 bits per heavy atom. The average Bonchev–Trinajstić information content (AvgIpc) is 2.31. The molecule has 17 heavy (non-hydrogen) atoms. The van der Waals surface area contributed by atoms with E-state index < -0.39 is 0 Å². The largest absolute Gasteiger partial charge is 0.492 e. The molecule has 0 amide bonds. The van der Waals surface area contributed by atoms with E-state index in [-0.39, 0.29) is 0 Å². The molecule has 0 spiro atoms. The summed E-state index contributed by atoms with van der Waals surface area (Å²) in [5.74, 6) is 1.61. The van der Waals surface area contributed by atoms with Gasteiger partial charge in [0.15, 0.2) is 0 Å². The van der Waals surface area contributed by atoms with Gasteiger partial charge in [0.1, 0.15) is 12.4 Å². The molecule has 1 atom stereocenters. The second-order valence-electron chi connectivity index (χ2n) is 4.72. The Bertz CT molecular complexity index is 311. The van der Waals surface area contributed by atoms with E-state index >= 15 is 0 Å². The Morgan fingerprint density at radius 3 is 2.35 bits per heavy atom. The third kappa shape index (κ3) is 5.94. The van der Waals surface area contributed by atoms with Crippen LogP contribution in [0.1, 0.15) is 26.7 Å². The van der Waals surface area contributed by atoms with Gasteiger partial charge in [0.2, 0.25) is 0 Å². The summed E-state index contributed by atoms with van der Waals surface area (Å²) in [4.78, 5) is 0. The van der Waals surface area contributed by atoms with E-state index in [4.69, 9.17) is 16.3 Å². The zero-order valence-corrected chi connectivity index (χ0v) is 11.6. The number of hydrogen-bond acceptors (Lipinski definition) is 2. The second kappa shape index (κ2) is 7.57. The minimum Gasteiger partial charge on any atom is -0.492 e. The Morgan fingerprint density at radius 2 is 1.82 bits per heavy atom. The highest BCUT2D eigenvalue weighted by molar-refractivity contribution is 6.30. The van der Waals surface area contributed by atoms with E-state index in [1.807, 2.05) is 31.3 Å². The van der Waals surface area contributed by atoms with Crippen molar-refractivity contribution in [2.45, 2.75) is 32.7 Å². The number of likely N-dealkylation sites (N-methyl/N-ethyl adjacent to an activating group) is 1. The van der Waals surface area contributed by atoms with Crippen molar-refractivity contribution in [3.05, 3.63) is 29.3 Å². The molecule has 0 aliphatic carbocycles. The maximum Gasteiger partial charge on any atom is 0.119 e. The van der Waals surface area contributed by atoms with E-state index in [0.29, 0.717) is 12.6 Å². The van der Waals surface area contributed by atoms with Crippen LogP contribution in [0, 0.1) is 5.92 Å². The highest BCUT2D eigenvalue weighted by Gasteiger charge is 2.08.